The Balaban J connectivity index is 1.60. The van der Waals surface area contributed by atoms with Crippen molar-refractivity contribution in [3.63, 3.8) is 0 Å². The number of hydrogen-bond acceptors (Lipinski definition) is 4. The summed E-state index contributed by atoms with van der Waals surface area (Å²) in [6, 6.07) is 10.3. The van der Waals surface area contributed by atoms with E-state index in [2.05, 4.69) is 17.9 Å². The van der Waals surface area contributed by atoms with Gasteiger partial charge in [-0.1, -0.05) is 18.2 Å². The molecule has 2 aliphatic rings. The molecule has 0 spiro atoms. The topological polar surface area (TPSA) is 56.6 Å². The lowest BCUT2D eigenvalue weighted by Gasteiger charge is -2.44. The maximum absolute atomic E-state index is 12.6. The average molecular weight is 339 g/mol. The second kappa shape index (κ2) is 8.28. The van der Waals surface area contributed by atoms with Crippen LogP contribution in [-0.4, -0.2) is 60.6 Å². The number of carbonyl (C=O) groups is 1. The van der Waals surface area contributed by atoms with Crippen LogP contribution in [0.3, 0.4) is 0 Å². The number of nitriles is 1. The molecule has 0 bridgehead atoms. The molecule has 25 heavy (non-hydrogen) atoms. The zero-order valence-corrected chi connectivity index (χ0v) is 14.7. The van der Waals surface area contributed by atoms with Crippen LogP contribution in [0.25, 0.3) is 6.08 Å². The van der Waals surface area contributed by atoms with E-state index in [9.17, 15) is 4.79 Å². The summed E-state index contributed by atoms with van der Waals surface area (Å²) in [6.45, 7) is 6.39. The standard InChI is InChI=1S/C20H25N3O2/c1-16-15-22(19-8-12-25-13-9-19)10-11-23(16)20(24)7-6-17-4-2-3-5-18(17)14-21/h2-7,16,19H,8-13,15H2,1H3/b7-6+/t16-/m1/s1. The van der Waals surface area contributed by atoms with Gasteiger partial charge < -0.3 is 9.64 Å². The van der Waals surface area contributed by atoms with Crippen molar-refractivity contribution in [1.82, 2.24) is 9.80 Å². The van der Waals surface area contributed by atoms with E-state index >= 15 is 0 Å². The van der Waals surface area contributed by atoms with Crippen molar-refractivity contribution >= 4 is 12.0 Å². The highest BCUT2D eigenvalue weighted by Gasteiger charge is 2.30. The van der Waals surface area contributed by atoms with E-state index in [4.69, 9.17) is 10.00 Å². The lowest BCUT2D eigenvalue weighted by atomic mass is 10.0. The molecule has 1 amide bonds. The van der Waals surface area contributed by atoms with Crippen molar-refractivity contribution in [2.24, 2.45) is 0 Å². The first-order valence-electron chi connectivity index (χ1n) is 8.98. The van der Waals surface area contributed by atoms with Crippen molar-refractivity contribution in [3.05, 3.63) is 41.5 Å². The Morgan fingerprint density at radius 3 is 2.76 bits per heavy atom. The van der Waals surface area contributed by atoms with E-state index in [1.54, 1.807) is 18.2 Å². The highest BCUT2D eigenvalue weighted by molar-refractivity contribution is 5.92. The molecule has 2 aliphatic heterocycles. The third-order valence-corrected chi connectivity index (χ3v) is 5.14. The number of carbonyl (C=O) groups excluding carboxylic acids is 1. The smallest absolute Gasteiger partial charge is 0.246 e. The normalized spacial score (nSPS) is 22.9. The minimum Gasteiger partial charge on any atom is -0.381 e. The first-order chi connectivity index (χ1) is 12.2. The maximum atomic E-state index is 12.6. The van der Waals surface area contributed by atoms with Crippen LogP contribution < -0.4 is 0 Å². The summed E-state index contributed by atoms with van der Waals surface area (Å²) < 4.78 is 5.45. The SMILES string of the molecule is C[C@@H]1CN(C2CCOCC2)CCN1C(=O)/C=C/c1ccccc1C#N. The van der Waals surface area contributed by atoms with Gasteiger partial charge in [0.2, 0.25) is 5.91 Å². The zero-order chi connectivity index (χ0) is 17.6. The summed E-state index contributed by atoms with van der Waals surface area (Å²) in [6.07, 6.45) is 5.52. The first-order valence-corrected chi connectivity index (χ1v) is 8.98. The minimum atomic E-state index is 0.0203. The molecule has 1 aromatic carbocycles. The van der Waals surface area contributed by atoms with Crippen molar-refractivity contribution in [2.75, 3.05) is 32.8 Å². The van der Waals surface area contributed by atoms with E-state index in [0.717, 1.165) is 51.3 Å². The van der Waals surface area contributed by atoms with Gasteiger partial charge in [-0.3, -0.25) is 9.69 Å². The fourth-order valence-corrected chi connectivity index (χ4v) is 3.70. The number of benzene rings is 1. The van der Waals surface area contributed by atoms with Crippen LogP contribution in [0.4, 0.5) is 0 Å². The van der Waals surface area contributed by atoms with E-state index in [0.29, 0.717) is 11.6 Å². The molecular formula is C20H25N3O2. The Bertz CT molecular complexity index is 674. The highest BCUT2D eigenvalue weighted by Crippen LogP contribution is 2.20. The molecule has 0 unspecified atom stereocenters. The van der Waals surface area contributed by atoms with E-state index < -0.39 is 0 Å². The molecule has 2 heterocycles. The zero-order valence-electron chi connectivity index (χ0n) is 14.7. The molecule has 5 heteroatoms. The van der Waals surface area contributed by atoms with E-state index in [-0.39, 0.29) is 11.9 Å². The summed E-state index contributed by atoms with van der Waals surface area (Å²) in [5.41, 5.74) is 1.37. The summed E-state index contributed by atoms with van der Waals surface area (Å²) in [5.74, 6) is 0.0203. The predicted octanol–water partition coefficient (Wildman–Crippen LogP) is 2.28. The van der Waals surface area contributed by atoms with Crippen molar-refractivity contribution in [3.8, 4) is 6.07 Å². The van der Waals surface area contributed by atoms with Crippen LogP contribution >= 0.6 is 0 Å². The molecule has 1 aromatic rings. The Morgan fingerprint density at radius 1 is 1.28 bits per heavy atom. The quantitative estimate of drug-likeness (QED) is 0.793. The fraction of sp³-hybridized carbons (Fsp3) is 0.500. The van der Waals surface area contributed by atoms with Gasteiger partial charge in [0.15, 0.2) is 0 Å². The van der Waals surface area contributed by atoms with E-state index in [1.165, 1.54) is 0 Å². The van der Waals surface area contributed by atoms with Gasteiger partial charge >= 0.3 is 0 Å². The Labute approximate surface area is 149 Å². The summed E-state index contributed by atoms with van der Waals surface area (Å²) in [5, 5.41) is 9.13. The molecule has 1 atom stereocenters. The van der Waals surface area contributed by atoms with Crippen molar-refractivity contribution in [1.29, 1.82) is 5.26 Å². The number of hydrogen-bond donors (Lipinski definition) is 0. The number of piperazine rings is 1. The third-order valence-electron chi connectivity index (χ3n) is 5.14. The second-order valence-corrected chi connectivity index (χ2v) is 6.75. The van der Waals surface area contributed by atoms with Crippen LogP contribution in [0.1, 0.15) is 30.9 Å². The van der Waals surface area contributed by atoms with Gasteiger partial charge in [0.1, 0.15) is 0 Å². The number of nitrogens with zero attached hydrogens (tertiary/aromatic N) is 3. The van der Waals surface area contributed by atoms with Gasteiger partial charge in [0.25, 0.3) is 0 Å². The Kier molecular flexibility index (Phi) is 5.85. The summed E-state index contributed by atoms with van der Waals surface area (Å²) >= 11 is 0. The van der Waals surface area contributed by atoms with Crippen molar-refractivity contribution < 1.29 is 9.53 Å². The number of amides is 1. The molecule has 0 aliphatic carbocycles. The molecule has 0 aromatic heterocycles. The lowest BCUT2D eigenvalue weighted by Crippen LogP contribution is -2.56. The maximum Gasteiger partial charge on any atom is 0.246 e. The first kappa shape index (κ1) is 17.7. The molecule has 0 saturated carbocycles. The number of rotatable bonds is 3. The van der Waals surface area contributed by atoms with Gasteiger partial charge in [-0.15, -0.1) is 0 Å². The molecular weight excluding hydrogens is 314 g/mol. The van der Waals surface area contributed by atoms with Crippen molar-refractivity contribution in [2.45, 2.75) is 31.8 Å². The highest BCUT2D eigenvalue weighted by atomic mass is 16.5. The average Bonchev–Trinajstić information content (AvgIpc) is 2.67. The second-order valence-electron chi connectivity index (χ2n) is 6.75. The number of ether oxygens (including phenoxy) is 1. The molecule has 0 N–H and O–H groups in total. The third kappa shape index (κ3) is 4.28. The largest absolute Gasteiger partial charge is 0.381 e. The minimum absolute atomic E-state index is 0.0203. The summed E-state index contributed by atoms with van der Waals surface area (Å²) in [4.78, 5) is 17.0. The van der Waals surface area contributed by atoms with Crippen LogP contribution in [0, 0.1) is 11.3 Å². The molecule has 132 valence electrons. The molecule has 2 fully saturated rings. The lowest BCUT2D eigenvalue weighted by molar-refractivity contribution is -0.131. The molecule has 3 rings (SSSR count). The van der Waals surface area contributed by atoms with Gasteiger partial charge in [0.05, 0.1) is 11.6 Å². The van der Waals surface area contributed by atoms with Gasteiger partial charge in [0, 0.05) is 51.0 Å². The van der Waals surface area contributed by atoms with Crippen LogP contribution in [0.2, 0.25) is 0 Å². The molecule has 0 radical (unpaired) electrons. The van der Waals surface area contributed by atoms with Crippen LogP contribution in [0.15, 0.2) is 30.3 Å². The monoisotopic (exact) mass is 339 g/mol. The fourth-order valence-electron chi connectivity index (χ4n) is 3.70. The van der Waals surface area contributed by atoms with Gasteiger partial charge in [-0.2, -0.15) is 5.26 Å². The Morgan fingerprint density at radius 2 is 2.04 bits per heavy atom. The summed E-state index contributed by atoms with van der Waals surface area (Å²) in [7, 11) is 0. The van der Waals surface area contributed by atoms with Gasteiger partial charge in [-0.25, -0.2) is 0 Å². The van der Waals surface area contributed by atoms with Crippen LogP contribution in [-0.2, 0) is 9.53 Å². The van der Waals surface area contributed by atoms with E-state index in [1.807, 2.05) is 23.1 Å². The molecule has 5 nitrogen and oxygen atoms in total. The van der Waals surface area contributed by atoms with Gasteiger partial charge in [-0.05, 0) is 37.5 Å². The predicted molar refractivity (Wildman–Crippen MR) is 96.8 cm³/mol. The van der Waals surface area contributed by atoms with Crippen LogP contribution in [0.5, 0.6) is 0 Å². The molecule has 2 saturated heterocycles. The Hall–Kier alpha value is -2.16.